The number of aliphatic carboxylic acids is 1. The molecule has 0 aliphatic heterocycles. The van der Waals surface area contributed by atoms with E-state index < -0.39 is 11.7 Å². The number of benzene rings is 1. The SMILES string of the molecule is O=C(O)C=Cc1ccc(SC(F)F)cc1. The molecule has 0 aliphatic carbocycles. The summed E-state index contributed by atoms with van der Waals surface area (Å²) in [5, 5.41) is 8.36. The van der Waals surface area contributed by atoms with Gasteiger partial charge in [-0.25, -0.2) is 4.79 Å². The maximum absolute atomic E-state index is 11.9. The molecule has 1 aromatic carbocycles. The number of carboxylic acids is 1. The van der Waals surface area contributed by atoms with Gasteiger partial charge in [-0.3, -0.25) is 0 Å². The Hall–Kier alpha value is -1.36. The second kappa shape index (κ2) is 5.50. The third-order valence-corrected chi connectivity index (χ3v) is 2.25. The average Bonchev–Trinajstić information content (AvgIpc) is 2.16. The van der Waals surface area contributed by atoms with Gasteiger partial charge in [-0.05, 0) is 23.8 Å². The van der Waals surface area contributed by atoms with Crippen molar-refractivity contribution in [1.82, 2.24) is 0 Å². The van der Waals surface area contributed by atoms with Crippen LogP contribution in [-0.4, -0.2) is 16.8 Å². The third-order valence-electron chi connectivity index (χ3n) is 1.52. The van der Waals surface area contributed by atoms with Crippen LogP contribution in [0.4, 0.5) is 8.78 Å². The van der Waals surface area contributed by atoms with Gasteiger partial charge in [0.2, 0.25) is 0 Å². The second-order valence-corrected chi connectivity index (χ2v) is 3.68. The molecule has 5 heteroatoms. The summed E-state index contributed by atoms with van der Waals surface area (Å²) in [5.41, 5.74) is 0.663. The summed E-state index contributed by atoms with van der Waals surface area (Å²) in [5.74, 6) is -3.48. The summed E-state index contributed by atoms with van der Waals surface area (Å²) in [4.78, 5) is 10.7. The van der Waals surface area contributed by atoms with Crippen LogP contribution in [0.3, 0.4) is 0 Å². The summed E-state index contributed by atoms with van der Waals surface area (Å²) >= 11 is 0.458. The molecule has 15 heavy (non-hydrogen) atoms. The quantitative estimate of drug-likeness (QED) is 0.638. The van der Waals surface area contributed by atoms with Crippen LogP contribution in [0.2, 0.25) is 0 Å². The lowest BCUT2D eigenvalue weighted by Gasteiger charge is -1.99. The van der Waals surface area contributed by atoms with Crippen LogP contribution in [0, 0.1) is 0 Å². The highest BCUT2D eigenvalue weighted by Gasteiger charge is 2.03. The molecule has 0 bridgehead atoms. The van der Waals surface area contributed by atoms with Crippen molar-refractivity contribution >= 4 is 23.8 Å². The summed E-state index contributed by atoms with van der Waals surface area (Å²) in [7, 11) is 0. The number of hydrogen-bond acceptors (Lipinski definition) is 2. The zero-order valence-electron chi connectivity index (χ0n) is 7.56. The maximum Gasteiger partial charge on any atom is 0.328 e. The molecule has 0 fully saturated rings. The van der Waals surface area contributed by atoms with Crippen molar-refractivity contribution in [1.29, 1.82) is 0 Å². The summed E-state index contributed by atoms with van der Waals surface area (Å²) in [6.45, 7) is 0. The normalized spacial score (nSPS) is 11.1. The summed E-state index contributed by atoms with van der Waals surface area (Å²) in [6, 6.07) is 6.23. The third kappa shape index (κ3) is 4.60. The fourth-order valence-corrected chi connectivity index (χ4v) is 1.43. The molecule has 0 heterocycles. The van der Waals surface area contributed by atoms with Gasteiger partial charge in [0.25, 0.3) is 5.76 Å². The van der Waals surface area contributed by atoms with Gasteiger partial charge in [0.05, 0.1) is 0 Å². The van der Waals surface area contributed by atoms with Crippen LogP contribution >= 0.6 is 11.8 Å². The van der Waals surface area contributed by atoms with Gasteiger partial charge < -0.3 is 5.11 Å². The Balaban J connectivity index is 2.68. The predicted octanol–water partition coefficient (Wildman–Crippen LogP) is 3.10. The minimum absolute atomic E-state index is 0.456. The van der Waals surface area contributed by atoms with Gasteiger partial charge >= 0.3 is 5.97 Å². The minimum atomic E-state index is -2.44. The summed E-state index contributed by atoms with van der Waals surface area (Å²) < 4.78 is 23.9. The first-order chi connectivity index (χ1) is 7.08. The van der Waals surface area contributed by atoms with E-state index in [1.807, 2.05) is 0 Å². The lowest BCUT2D eigenvalue weighted by Crippen LogP contribution is -1.86. The van der Waals surface area contributed by atoms with Gasteiger partial charge in [0, 0.05) is 11.0 Å². The molecule has 0 unspecified atom stereocenters. The Labute approximate surface area is 89.6 Å². The van der Waals surface area contributed by atoms with E-state index in [0.717, 1.165) is 6.08 Å². The Bertz CT molecular complexity index is 360. The Morgan fingerprint density at radius 3 is 2.40 bits per heavy atom. The van der Waals surface area contributed by atoms with E-state index in [2.05, 4.69) is 0 Å². The molecular weight excluding hydrogens is 222 g/mol. The number of hydrogen-bond donors (Lipinski definition) is 1. The molecule has 2 nitrogen and oxygen atoms in total. The highest BCUT2D eigenvalue weighted by molar-refractivity contribution is 7.99. The Morgan fingerprint density at radius 1 is 1.33 bits per heavy atom. The van der Waals surface area contributed by atoms with E-state index in [0.29, 0.717) is 22.2 Å². The smallest absolute Gasteiger partial charge is 0.328 e. The molecule has 0 saturated carbocycles. The van der Waals surface area contributed by atoms with E-state index >= 15 is 0 Å². The van der Waals surface area contributed by atoms with E-state index in [-0.39, 0.29) is 0 Å². The number of thioether (sulfide) groups is 1. The number of carboxylic acid groups (broad SMARTS) is 1. The fourth-order valence-electron chi connectivity index (χ4n) is 0.928. The molecule has 0 atom stereocenters. The minimum Gasteiger partial charge on any atom is -0.478 e. The average molecular weight is 230 g/mol. The van der Waals surface area contributed by atoms with Crippen LogP contribution in [0.5, 0.6) is 0 Å². The molecule has 0 amide bonds. The zero-order chi connectivity index (χ0) is 11.3. The monoisotopic (exact) mass is 230 g/mol. The molecule has 1 N–H and O–H groups in total. The first kappa shape index (κ1) is 11.7. The molecule has 0 aromatic heterocycles. The standard InChI is InChI=1S/C10H8F2O2S/c11-10(12)15-8-4-1-7(2-5-8)3-6-9(13)14/h1-6,10H,(H,13,14). The fraction of sp³-hybridized carbons (Fsp3) is 0.100. The number of carbonyl (C=O) groups is 1. The molecular formula is C10H8F2O2S. The lowest BCUT2D eigenvalue weighted by molar-refractivity contribution is -0.131. The predicted molar refractivity (Wildman–Crippen MR) is 55.0 cm³/mol. The highest BCUT2D eigenvalue weighted by Crippen LogP contribution is 2.25. The molecule has 0 spiro atoms. The number of halogens is 2. The van der Waals surface area contributed by atoms with E-state index in [9.17, 15) is 13.6 Å². The first-order valence-corrected chi connectivity index (χ1v) is 4.92. The highest BCUT2D eigenvalue weighted by atomic mass is 32.2. The van der Waals surface area contributed by atoms with Crippen LogP contribution in [0.1, 0.15) is 5.56 Å². The topological polar surface area (TPSA) is 37.3 Å². The van der Waals surface area contributed by atoms with Crippen LogP contribution in [0.15, 0.2) is 35.2 Å². The van der Waals surface area contributed by atoms with Crippen LogP contribution in [0.25, 0.3) is 6.08 Å². The van der Waals surface area contributed by atoms with Crippen molar-refractivity contribution in [3.05, 3.63) is 35.9 Å². The molecule has 1 rings (SSSR count). The van der Waals surface area contributed by atoms with E-state index in [1.165, 1.54) is 18.2 Å². The molecule has 0 saturated heterocycles. The molecule has 0 radical (unpaired) electrons. The number of alkyl halides is 2. The van der Waals surface area contributed by atoms with Crippen molar-refractivity contribution in [3.63, 3.8) is 0 Å². The van der Waals surface area contributed by atoms with Gasteiger partial charge in [-0.15, -0.1) is 0 Å². The van der Waals surface area contributed by atoms with Crippen LogP contribution in [-0.2, 0) is 4.79 Å². The zero-order valence-corrected chi connectivity index (χ0v) is 8.38. The van der Waals surface area contributed by atoms with Crippen molar-refractivity contribution in [2.45, 2.75) is 10.7 Å². The number of rotatable bonds is 4. The Kier molecular flexibility index (Phi) is 4.30. The van der Waals surface area contributed by atoms with Gasteiger partial charge in [-0.2, -0.15) is 8.78 Å². The molecule has 1 aromatic rings. The van der Waals surface area contributed by atoms with Crippen molar-refractivity contribution in [3.8, 4) is 0 Å². The van der Waals surface area contributed by atoms with Crippen molar-refractivity contribution in [2.75, 3.05) is 0 Å². The van der Waals surface area contributed by atoms with Gasteiger partial charge in [0.1, 0.15) is 0 Å². The van der Waals surface area contributed by atoms with Crippen LogP contribution < -0.4 is 0 Å². The van der Waals surface area contributed by atoms with E-state index in [1.54, 1.807) is 12.1 Å². The largest absolute Gasteiger partial charge is 0.478 e. The summed E-state index contributed by atoms with van der Waals surface area (Å²) in [6.07, 6.45) is 2.40. The Morgan fingerprint density at radius 2 is 1.93 bits per heavy atom. The van der Waals surface area contributed by atoms with Gasteiger partial charge in [-0.1, -0.05) is 23.9 Å². The van der Waals surface area contributed by atoms with Gasteiger partial charge in [0.15, 0.2) is 0 Å². The first-order valence-electron chi connectivity index (χ1n) is 4.04. The maximum atomic E-state index is 11.9. The van der Waals surface area contributed by atoms with E-state index in [4.69, 9.17) is 5.11 Å². The molecule has 80 valence electrons. The lowest BCUT2D eigenvalue weighted by atomic mass is 10.2. The van der Waals surface area contributed by atoms with Crippen molar-refractivity contribution < 1.29 is 18.7 Å². The molecule has 0 aliphatic rings. The second-order valence-electron chi connectivity index (χ2n) is 2.62. The van der Waals surface area contributed by atoms with Crippen molar-refractivity contribution in [2.24, 2.45) is 0 Å².